The lowest BCUT2D eigenvalue weighted by Gasteiger charge is -2.35. The van der Waals surface area contributed by atoms with Gasteiger partial charge in [0.25, 0.3) is 5.91 Å². The van der Waals surface area contributed by atoms with Gasteiger partial charge in [0.1, 0.15) is 11.3 Å². The van der Waals surface area contributed by atoms with E-state index in [-0.39, 0.29) is 28.8 Å². The van der Waals surface area contributed by atoms with Crippen LogP contribution in [-0.2, 0) is 0 Å². The Hall–Kier alpha value is -4.14. The molecule has 1 aliphatic heterocycles. The highest BCUT2D eigenvalue weighted by molar-refractivity contribution is 5.90. The molecule has 0 radical (unpaired) electrons. The normalized spacial score (nSPS) is 14.1. The first-order valence-corrected chi connectivity index (χ1v) is 10.6. The quantitative estimate of drug-likeness (QED) is 0.511. The lowest BCUT2D eigenvalue weighted by atomic mass is 10.1. The van der Waals surface area contributed by atoms with Crippen molar-refractivity contribution in [2.45, 2.75) is 13.8 Å². The van der Waals surface area contributed by atoms with Crippen molar-refractivity contribution in [1.82, 2.24) is 14.9 Å². The van der Waals surface area contributed by atoms with Crippen molar-refractivity contribution in [3.05, 3.63) is 70.1 Å². The van der Waals surface area contributed by atoms with Crippen molar-refractivity contribution >= 4 is 22.6 Å². The van der Waals surface area contributed by atoms with Crippen LogP contribution in [0.3, 0.4) is 0 Å². The molecule has 1 saturated heterocycles. The second-order valence-corrected chi connectivity index (χ2v) is 8.00. The Morgan fingerprint density at radius 1 is 1.00 bits per heavy atom. The molecule has 1 amide bonds. The van der Waals surface area contributed by atoms with Crippen LogP contribution in [0.1, 0.15) is 21.7 Å². The molecular formula is C24H22N4O5. The minimum atomic E-state index is -0.595. The highest BCUT2D eigenvalue weighted by atomic mass is 16.4. The van der Waals surface area contributed by atoms with E-state index < -0.39 is 5.63 Å². The summed E-state index contributed by atoms with van der Waals surface area (Å²) in [5.41, 5.74) is 1.68. The highest BCUT2D eigenvalue weighted by Crippen LogP contribution is 2.35. The summed E-state index contributed by atoms with van der Waals surface area (Å²) in [5, 5.41) is 11.1. The van der Waals surface area contributed by atoms with Crippen LogP contribution in [0.4, 0.5) is 5.69 Å². The predicted octanol–water partition coefficient (Wildman–Crippen LogP) is 3.13. The van der Waals surface area contributed by atoms with Crippen LogP contribution in [0.2, 0.25) is 0 Å². The average molecular weight is 446 g/mol. The number of anilines is 1. The first-order chi connectivity index (χ1) is 15.9. The number of hydrogen-bond acceptors (Lipinski definition) is 8. The molecule has 1 aliphatic rings. The number of hydrogen-bond donors (Lipinski definition) is 1. The summed E-state index contributed by atoms with van der Waals surface area (Å²) in [4.78, 5) is 36.6. The Bertz CT molecular complexity index is 1400. The number of fused-ring (bicyclic) bond motifs is 1. The fourth-order valence-corrected chi connectivity index (χ4v) is 4.02. The molecule has 4 aromatic rings. The van der Waals surface area contributed by atoms with E-state index in [1.807, 2.05) is 18.2 Å². The first kappa shape index (κ1) is 20.7. The smallest absolute Gasteiger partial charge is 0.343 e. The van der Waals surface area contributed by atoms with Crippen LogP contribution in [0.15, 0.2) is 56.4 Å². The van der Waals surface area contributed by atoms with E-state index in [2.05, 4.69) is 14.9 Å². The number of aromatic nitrogens is 2. The van der Waals surface area contributed by atoms with Gasteiger partial charge in [0.05, 0.1) is 5.56 Å². The van der Waals surface area contributed by atoms with Crippen LogP contribution in [0, 0.1) is 13.8 Å². The van der Waals surface area contributed by atoms with Gasteiger partial charge in [-0.2, -0.15) is 0 Å². The van der Waals surface area contributed by atoms with E-state index in [1.165, 1.54) is 6.92 Å². The molecule has 0 aliphatic carbocycles. The second-order valence-electron chi connectivity index (χ2n) is 8.00. The Balaban J connectivity index is 1.36. The minimum absolute atomic E-state index is 0.0873. The van der Waals surface area contributed by atoms with Gasteiger partial charge in [-0.15, -0.1) is 0 Å². The molecule has 33 heavy (non-hydrogen) atoms. The van der Waals surface area contributed by atoms with E-state index in [0.717, 1.165) is 11.1 Å². The zero-order chi connectivity index (χ0) is 23.1. The maximum Gasteiger partial charge on any atom is 0.343 e. The molecule has 1 aromatic carbocycles. The number of benzene rings is 1. The van der Waals surface area contributed by atoms with Crippen molar-refractivity contribution < 1.29 is 18.7 Å². The second kappa shape index (κ2) is 8.09. The number of piperazine rings is 1. The zero-order valence-electron chi connectivity index (χ0n) is 18.2. The standard InChI is InChI=1S/C24H22N4O5/c1-14-20(29)15(2)24(31)33-21(14)19-13-16-12-17(4-5-18(16)32-19)27-8-10-28(11-9-27)23(30)22-25-6-3-7-26-22/h3-7,12-13,29H,8-11H2,1-2H3. The zero-order valence-corrected chi connectivity index (χ0v) is 18.2. The molecule has 3 aromatic heterocycles. The number of furan rings is 1. The lowest BCUT2D eigenvalue weighted by molar-refractivity contribution is 0.0734. The Labute approximate surface area is 188 Å². The Morgan fingerprint density at radius 2 is 1.73 bits per heavy atom. The van der Waals surface area contributed by atoms with Gasteiger partial charge >= 0.3 is 5.63 Å². The molecular weight excluding hydrogens is 424 g/mol. The van der Waals surface area contributed by atoms with Crippen molar-refractivity contribution in [2.75, 3.05) is 31.1 Å². The molecule has 0 bridgehead atoms. The van der Waals surface area contributed by atoms with Crippen molar-refractivity contribution in [2.24, 2.45) is 0 Å². The molecule has 9 nitrogen and oxygen atoms in total. The SMILES string of the molecule is Cc1c(-c2cc3cc(N4CCN(C(=O)c5ncccn5)CC4)ccc3o2)oc(=O)c(C)c1O. The lowest BCUT2D eigenvalue weighted by Crippen LogP contribution is -2.49. The van der Waals surface area contributed by atoms with Gasteiger partial charge in [0.2, 0.25) is 5.82 Å². The molecule has 0 saturated carbocycles. The third-order valence-electron chi connectivity index (χ3n) is 5.96. The van der Waals surface area contributed by atoms with Crippen LogP contribution in [0.25, 0.3) is 22.5 Å². The molecule has 0 atom stereocenters. The van der Waals surface area contributed by atoms with Crippen LogP contribution in [-0.4, -0.2) is 52.1 Å². The van der Waals surface area contributed by atoms with Gasteiger partial charge in [0.15, 0.2) is 11.5 Å². The molecule has 168 valence electrons. The summed E-state index contributed by atoms with van der Waals surface area (Å²) in [7, 11) is 0. The summed E-state index contributed by atoms with van der Waals surface area (Å²) in [6.45, 7) is 5.68. The van der Waals surface area contributed by atoms with Gasteiger partial charge in [-0.25, -0.2) is 14.8 Å². The van der Waals surface area contributed by atoms with E-state index in [4.69, 9.17) is 8.83 Å². The fourth-order valence-electron chi connectivity index (χ4n) is 4.02. The number of aromatic hydroxyl groups is 1. The number of carbonyl (C=O) groups is 1. The summed E-state index contributed by atoms with van der Waals surface area (Å²) in [6, 6.07) is 9.31. The number of amides is 1. The number of rotatable bonds is 3. The summed E-state index contributed by atoms with van der Waals surface area (Å²) in [5.74, 6) is 0.558. The highest BCUT2D eigenvalue weighted by Gasteiger charge is 2.24. The van der Waals surface area contributed by atoms with Gasteiger partial charge in [-0.05, 0) is 44.2 Å². The fraction of sp³-hybridized carbons (Fsp3) is 0.250. The predicted molar refractivity (Wildman–Crippen MR) is 121 cm³/mol. The van der Waals surface area contributed by atoms with E-state index >= 15 is 0 Å². The summed E-state index contributed by atoms with van der Waals surface area (Å²) < 4.78 is 11.3. The molecule has 5 rings (SSSR count). The average Bonchev–Trinajstić information content (AvgIpc) is 3.28. The van der Waals surface area contributed by atoms with E-state index in [0.29, 0.717) is 43.1 Å². The maximum atomic E-state index is 12.6. The Morgan fingerprint density at radius 3 is 2.45 bits per heavy atom. The molecule has 0 spiro atoms. The van der Waals surface area contributed by atoms with Crippen molar-refractivity contribution in [3.8, 4) is 17.3 Å². The van der Waals surface area contributed by atoms with Crippen LogP contribution < -0.4 is 10.5 Å². The van der Waals surface area contributed by atoms with E-state index in [1.54, 1.807) is 36.4 Å². The van der Waals surface area contributed by atoms with Gasteiger partial charge in [0, 0.05) is 55.2 Å². The molecule has 9 heteroatoms. The topological polar surface area (TPSA) is 113 Å². The van der Waals surface area contributed by atoms with E-state index in [9.17, 15) is 14.7 Å². The third kappa shape index (κ3) is 3.71. The van der Waals surface area contributed by atoms with Crippen LogP contribution >= 0.6 is 0 Å². The van der Waals surface area contributed by atoms with Crippen molar-refractivity contribution in [1.29, 1.82) is 0 Å². The summed E-state index contributed by atoms with van der Waals surface area (Å²) >= 11 is 0. The maximum absolute atomic E-state index is 12.6. The third-order valence-corrected chi connectivity index (χ3v) is 5.96. The van der Waals surface area contributed by atoms with Gasteiger partial charge in [-0.1, -0.05) is 0 Å². The molecule has 0 unspecified atom stereocenters. The monoisotopic (exact) mass is 446 g/mol. The largest absolute Gasteiger partial charge is 0.507 e. The number of carbonyl (C=O) groups excluding carboxylic acids is 1. The first-order valence-electron chi connectivity index (χ1n) is 10.6. The Kier molecular flexibility index (Phi) is 5.08. The van der Waals surface area contributed by atoms with Crippen molar-refractivity contribution in [3.63, 3.8) is 0 Å². The molecule has 1 N–H and O–H groups in total. The van der Waals surface area contributed by atoms with Gasteiger partial charge in [-0.3, -0.25) is 4.79 Å². The van der Waals surface area contributed by atoms with Gasteiger partial charge < -0.3 is 23.7 Å². The number of nitrogens with zero attached hydrogens (tertiary/aromatic N) is 4. The van der Waals surface area contributed by atoms with Crippen LogP contribution in [0.5, 0.6) is 5.75 Å². The molecule has 1 fully saturated rings. The molecule has 4 heterocycles. The minimum Gasteiger partial charge on any atom is -0.507 e. The summed E-state index contributed by atoms with van der Waals surface area (Å²) in [6.07, 6.45) is 3.13.